The molecule has 0 bridgehead atoms. The van der Waals surface area contributed by atoms with Gasteiger partial charge in [-0.05, 0) is 37.4 Å². The number of rotatable bonds is 37. The van der Waals surface area contributed by atoms with Crippen molar-refractivity contribution in [1.82, 2.24) is 0 Å². The molecule has 0 fully saturated rings. The third-order valence-electron chi connectivity index (χ3n) is 10.7. The lowest BCUT2D eigenvalue weighted by atomic mass is 10.0. The molecule has 2 nitrogen and oxygen atoms in total. The summed E-state index contributed by atoms with van der Waals surface area (Å²) in [6.07, 6.45) is 42.7. The van der Waals surface area contributed by atoms with E-state index in [1.54, 1.807) is 0 Å². The Morgan fingerprint density at radius 2 is 0.667 bits per heavy atom. The first-order valence-electron chi connectivity index (χ1n) is 21.4. The van der Waals surface area contributed by atoms with E-state index in [0.717, 1.165) is 4.48 Å². The molecule has 1 unspecified atom stereocenters. The first-order chi connectivity index (χ1) is 21.9. The normalized spacial score (nSPS) is 13.1. The second kappa shape index (κ2) is 32.7. The summed E-state index contributed by atoms with van der Waals surface area (Å²) in [6, 6.07) is 4.26. The molecule has 0 spiro atoms. The van der Waals surface area contributed by atoms with Crippen LogP contribution in [-0.4, -0.2) is 39.7 Å². The summed E-state index contributed by atoms with van der Waals surface area (Å²) in [5, 5.41) is 0. The summed E-state index contributed by atoms with van der Waals surface area (Å²) in [6.45, 7) is 13.0. The van der Waals surface area contributed by atoms with Crippen LogP contribution in [0.5, 0.6) is 0 Å². The number of hydrogen-bond donors (Lipinski definition) is 0. The molecular formula is C42H90NOSi+. The van der Waals surface area contributed by atoms with Gasteiger partial charge in [-0.3, -0.25) is 0 Å². The van der Waals surface area contributed by atoms with Crippen molar-refractivity contribution >= 4 is 8.32 Å². The Hall–Kier alpha value is 0.137. The highest BCUT2D eigenvalue weighted by Gasteiger charge is 2.40. The first kappa shape index (κ1) is 45.1. The second-order valence-corrected chi connectivity index (χ2v) is 19.9. The van der Waals surface area contributed by atoms with Crippen molar-refractivity contribution in [3.05, 3.63) is 0 Å². The maximum atomic E-state index is 7.67. The number of nitrogens with zero attached hydrogens (tertiary/aromatic N) is 1. The second-order valence-electron chi connectivity index (χ2n) is 15.8. The minimum atomic E-state index is -1.76. The molecule has 0 aromatic rings. The van der Waals surface area contributed by atoms with E-state index in [0.29, 0.717) is 6.23 Å². The van der Waals surface area contributed by atoms with Crippen LogP contribution in [0.3, 0.4) is 0 Å². The van der Waals surface area contributed by atoms with E-state index < -0.39 is 8.32 Å². The standard InChI is InChI=1S/C42H90NOSi/c1-8-13-17-21-22-23-24-25-26-27-28-29-30-31-32-33-38-43(6,7)42(37-12-5)44-45(39-34-18-14-9-2,40-35-19-15-10-3)41-36-20-16-11-4/h42H,8-41H2,1-7H3/q+1. The lowest BCUT2D eigenvalue weighted by molar-refractivity contribution is -0.934. The van der Waals surface area contributed by atoms with Gasteiger partial charge in [0.25, 0.3) is 0 Å². The molecule has 272 valence electrons. The SMILES string of the molecule is CCCCCCCCCCCCCCCCCC[N+](C)(C)C(CCC)O[Si](CCCCCC)(CCCCCC)CCCCCC. The highest BCUT2D eigenvalue weighted by Crippen LogP contribution is 2.34. The minimum absolute atomic E-state index is 0.404. The Morgan fingerprint density at radius 1 is 0.378 bits per heavy atom. The average Bonchev–Trinajstić information content (AvgIpc) is 3.03. The summed E-state index contributed by atoms with van der Waals surface area (Å²) in [7, 11) is 3.26. The predicted octanol–water partition coefficient (Wildman–Crippen LogP) is 15.2. The Bertz CT molecular complexity index is 548. The zero-order valence-corrected chi connectivity index (χ0v) is 34.0. The fourth-order valence-corrected chi connectivity index (χ4v) is 12.2. The molecule has 0 aliphatic rings. The highest BCUT2D eigenvalue weighted by atomic mass is 28.4. The first-order valence-corrected chi connectivity index (χ1v) is 23.9. The van der Waals surface area contributed by atoms with Gasteiger partial charge >= 0.3 is 0 Å². The van der Waals surface area contributed by atoms with Crippen LogP contribution >= 0.6 is 0 Å². The van der Waals surface area contributed by atoms with Crippen LogP contribution in [0.1, 0.15) is 227 Å². The molecule has 0 rings (SSSR count). The monoisotopic (exact) mass is 653 g/mol. The van der Waals surface area contributed by atoms with E-state index in [9.17, 15) is 0 Å². The van der Waals surface area contributed by atoms with Crippen LogP contribution in [0.4, 0.5) is 0 Å². The van der Waals surface area contributed by atoms with E-state index in [1.807, 2.05) is 0 Å². The smallest absolute Gasteiger partial charge is 0.200 e. The molecule has 0 aliphatic heterocycles. The van der Waals surface area contributed by atoms with E-state index in [2.05, 4.69) is 48.7 Å². The molecule has 0 aromatic carbocycles. The molecule has 0 heterocycles. The molecular weight excluding hydrogens is 563 g/mol. The Balaban J connectivity index is 4.76. The molecule has 3 heteroatoms. The summed E-state index contributed by atoms with van der Waals surface area (Å²) < 4.78 is 8.76. The van der Waals surface area contributed by atoms with Gasteiger partial charge in [-0.1, -0.05) is 202 Å². The van der Waals surface area contributed by atoms with Gasteiger partial charge in [0, 0.05) is 6.42 Å². The molecule has 45 heavy (non-hydrogen) atoms. The van der Waals surface area contributed by atoms with Gasteiger partial charge in [0.05, 0.1) is 20.6 Å². The topological polar surface area (TPSA) is 9.23 Å². The fraction of sp³-hybridized carbons (Fsp3) is 1.00. The van der Waals surface area contributed by atoms with Crippen LogP contribution < -0.4 is 0 Å². The maximum absolute atomic E-state index is 7.67. The molecule has 0 saturated carbocycles. The van der Waals surface area contributed by atoms with Crippen molar-refractivity contribution < 1.29 is 8.91 Å². The van der Waals surface area contributed by atoms with Crippen molar-refractivity contribution in [2.75, 3.05) is 20.6 Å². The van der Waals surface area contributed by atoms with E-state index in [-0.39, 0.29) is 0 Å². The third-order valence-corrected chi connectivity index (χ3v) is 15.3. The molecule has 0 aromatic heterocycles. The molecule has 0 saturated heterocycles. The van der Waals surface area contributed by atoms with E-state index >= 15 is 0 Å². The third kappa shape index (κ3) is 26.7. The van der Waals surface area contributed by atoms with Crippen molar-refractivity contribution in [3.8, 4) is 0 Å². The molecule has 0 N–H and O–H groups in total. The van der Waals surface area contributed by atoms with Crippen molar-refractivity contribution in [1.29, 1.82) is 0 Å². The predicted molar refractivity (Wildman–Crippen MR) is 209 cm³/mol. The van der Waals surface area contributed by atoms with Gasteiger partial charge in [0.15, 0.2) is 14.5 Å². The average molecular weight is 653 g/mol. The van der Waals surface area contributed by atoms with Crippen LogP contribution in [0.2, 0.25) is 18.1 Å². The van der Waals surface area contributed by atoms with Gasteiger partial charge < -0.3 is 8.91 Å². The van der Waals surface area contributed by atoms with Crippen LogP contribution in [0.15, 0.2) is 0 Å². The summed E-state index contributed by atoms with van der Waals surface area (Å²) in [5.41, 5.74) is 0. The molecule has 0 amide bonds. The lowest BCUT2D eigenvalue weighted by Crippen LogP contribution is -2.56. The fourth-order valence-electron chi connectivity index (χ4n) is 7.47. The Labute approximate surface area is 288 Å². The summed E-state index contributed by atoms with van der Waals surface area (Å²) >= 11 is 0. The zero-order chi connectivity index (χ0) is 33.3. The van der Waals surface area contributed by atoms with Gasteiger partial charge in [0.2, 0.25) is 0 Å². The molecule has 1 atom stereocenters. The molecule has 0 aliphatic carbocycles. The highest BCUT2D eigenvalue weighted by molar-refractivity contribution is 6.73. The van der Waals surface area contributed by atoms with Gasteiger partial charge in [-0.2, -0.15) is 0 Å². The van der Waals surface area contributed by atoms with Gasteiger partial charge in [0.1, 0.15) is 0 Å². The maximum Gasteiger partial charge on any atom is 0.200 e. The van der Waals surface area contributed by atoms with Crippen LogP contribution in [0.25, 0.3) is 0 Å². The van der Waals surface area contributed by atoms with Crippen LogP contribution in [0, 0.1) is 0 Å². The van der Waals surface area contributed by atoms with Gasteiger partial charge in [-0.15, -0.1) is 0 Å². The van der Waals surface area contributed by atoms with Crippen molar-refractivity contribution in [3.63, 3.8) is 0 Å². The van der Waals surface area contributed by atoms with Crippen LogP contribution in [-0.2, 0) is 4.43 Å². The van der Waals surface area contributed by atoms with E-state index in [1.165, 1.54) is 217 Å². The van der Waals surface area contributed by atoms with E-state index in [4.69, 9.17) is 4.43 Å². The van der Waals surface area contributed by atoms with Crippen molar-refractivity contribution in [2.45, 2.75) is 252 Å². The van der Waals surface area contributed by atoms with Crippen molar-refractivity contribution in [2.24, 2.45) is 0 Å². The van der Waals surface area contributed by atoms with Gasteiger partial charge in [-0.25, -0.2) is 0 Å². The number of quaternary nitrogens is 1. The quantitative estimate of drug-likeness (QED) is 0.0281. The lowest BCUT2D eigenvalue weighted by Gasteiger charge is -2.44. The molecule has 0 radical (unpaired) electrons. The zero-order valence-electron chi connectivity index (χ0n) is 33.0. The Kier molecular flexibility index (Phi) is 32.8. The summed E-state index contributed by atoms with van der Waals surface area (Å²) in [4.78, 5) is 0. The number of unbranched alkanes of at least 4 members (excludes halogenated alkanes) is 24. The number of hydrogen-bond acceptors (Lipinski definition) is 1. The largest absolute Gasteiger partial charge is 0.370 e. The Morgan fingerprint density at radius 3 is 0.978 bits per heavy atom. The minimum Gasteiger partial charge on any atom is -0.370 e. The summed E-state index contributed by atoms with van der Waals surface area (Å²) in [5.74, 6) is 0.